The summed E-state index contributed by atoms with van der Waals surface area (Å²) in [4.78, 5) is 28.0. The van der Waals surface area contributed by atoms with Crippen LogP contribution in [0.5, 0.6) is 0 Å². The summed E-state index contributed by atoms with van der Waals surface area (Å²) in [7, 11) is 0. The summed E-state index contributed by atoms with van der Waals surface area (Å²) in [6.07, 6.45) is 2.39. The van der Waals surface area contributed by atoms with E-state index < -0.39 is 0 Å². The van der Waals surface area contributed by atoms with Crippen LogP contribution in [-0.4, -0.2) is 54.3 Å². The van der Waals surface area contributed by atoms with Crippen LogP contribution in [-0.2, 0) is 9.59 Å². The van der Waals surface area contributed by atoms with Crippen LogP contribution in [0.15, 0.2) is 24.3 Å². The molecule has 5 nitrogen and oxygen atoms in total. The Morgan fingerprint density at radius 3 is 2.88 bits per heavy atom. The highest BCUT2D eigenvalue weighted by atomic mass is 35.5. The molecule has 0 spiro atoms. The molecule has 7 heteroatoms. The minimum Gasteiger partial charge on any atom is -0.333 e. The van der Waals surface area contributed by atoms with Crippen molar-refractivity contribution in [3.63, 3.8) is 0 Å². The summed E-state index contributed by atoms with van der Waals surface area (Å²) >= 11 is 0. The van der Waals surface area contributed by atoms with Crippen LogP contribution >= 0.6 is 12.4 Å². The van der Waals surface area contributed by atoms with E-state index in [1.807, 2.05) is 6.07 Å². The van der Waals surface area contributed by atoms with E-state index in [9.17, 15) is 14.0 Å². The fourth-order valence-corrected chi connectivity index (χ4v) is 3.30. The molecule has 3 rings (SSSR count). The van der Waals surface area contributed by atoms with Crippen molar-refractivity contribution in [3.8, 4) is 0 Å². The third kappa shape index (κ3) is 4.24. The normalized spacial score (nSPS) is 21.4. The first-order chi connectivity index (χ1) is 11.1. The topological polar surface area (TPSA) is 52.7 Å². The number of amides is 2. The van der Waals surface area contributed by atoms with Crippen LogP contribution in [0.3, 0.4) is 0 Å². The van der Waals surface area contributed by atoms with Crippen molar-refractivity contribution in [1.29, 1.82) is 0 Å². The van der Waals surface area contributed by atoms with Gasteiger partial charge in [0.2, 0.25) is 11.8 Å². The lowest BCUT2D eigenvalue weighted by Gasteiger charge is -2.38. The molecule has 1 N–H and O–H groups in total. The van der Waals surface area contributed by atoms with Gasteiger partial charge >= 0.3 is 0 Å². The number of hydrogen-bond donors (Lipinski definition) is 1. The van der Waals surface area contributed by atoms with Crippen LogP contribution in [0.2, 0.25) is 0 Å². The molecule has 1 aromatic carbocycles. The van der Waals surface area contributed by atoms with Gasteiger partial charge in [-0.25, -0.2) is 4.39 Å². The molecule has 0 bridgehead atoms. The van der Waals surface area contributed by atoms with E-state index in [0.29, 0.717) is 32.6 Å². The van der Waals surface area contributed by atoms with E-state index in [4.69, 9.17) is 0 Å². The summed E-state index contributed by atoms with van der Waals surface area (Å²) in [5.74, 6) is -0.301. The molecule has 2 aliphatic heterocycles. The Labute approximate surface area is 147 Å². The number of rotatable bonds is 3. The molecule has 132 valence electrons. The fraction of sp³-hybridized carbons (Fsp3) is 0.529. The second kappa shape index (κ2) is 8.44. The Kier molecular flexibility index (Phi) is 6.57. The average Bonchev–Trinajstić information content (AvgIpc) is 2.57. The number of hydrogen-bond acceptors (Lipinski definition) is 3. The monoisotopic (exact) mass is 355 g/mol. The van der Waals surface area contributed by atoms with E-state index >= 15 is 0 Å². The minimum atomic E-state index is -0.299. The van der Waals surface area contributed by atoms with Gasteiger partial charge in [0, 0.05) is 32.6 Å². The molecule has 2 heterocycles. The third-order valence-electron chi connectivity index (χ3n) is 4.54. The highest BCUT2D eigenvalue weighted by Crippen LogP contribution is 2.23. The molecule has 2 fully saturated rings. The number of carbonyl (C=O) groups is 2. The zero-order valence-electron chi connectivity index (χ0n) is 13.5. The molecule has 0 saturated carbocycles. The van der Waals surface area contributed by atoms with Crippen molar-refractivity contribution in [2.75, 3.05) is 32.7 Å². The lowest BCUT2D eigenvalue weighted by atomic mass is 10.0. The van der Waals surface area contributed by atoms with E-state index in [-0.39, 0.29) is 42.6 Å². The first kappa shape index (κ1) is 18.7. The maximum absolute atomic E-state index is 13.5. The number of halogens is 2. The van der Waals surface area contributed by atoms with E-state index in [2.05, 4.69) is 5.32 Å². The number of likely N-dealkylation sites (tertiary alicyclic amines) is 1. The summed E-state index contributed by atoms with van der Waals surface area (Å²) < 4.78 is 13.5. The Morgan fingerprint density at radius 1 is 1.29 bits per heavy atom. The fourth-order valence-electron chi connectivity index (χ4n) is 3.30. The van der Waals surface area contributed by atoms with Crippen LogP contribution in [0, 0.1) is 5.82 Å². The number of benzene rings is 1. The molecule has 2 aliphatic rings. The zero-order valence-corrected chi connectivity index (χ0v) is 14.4. The largest absolute Gasteiger partial charge is 0.333 e. The molecular formula is C17H23ClFN3O2. The highest BCUT2D eigenvalue weighted by molar-refractivity contribution is 5.86. The number of nitrogens with zero attached hydrogens (tertiary/aromatic N) is 2. The van der Waals surface area contributed by atoms with Gasteiger partial charge in [0.15, 0.2) is 0 Å². The van der Waals surface area contributed by atoms with Crippen LogP contribution in [0.25, 0.3) is 0 Å². The second-order valence-corrected chi connectivity index (χ2v) is 6.13. The first-order valence-electron chi connectivity index (χ1n) is 8.18. The van der Waals surface area contributed by atoms with E-state index in [1.54, 1.807) is 15.9 Å². The molecule has 2 saturated heterocycles. The van der Waals surface area contributed by atoms with Crippen molar-refractivity contribution in [2.45, 2.75) is 25.3 Å². The Bertz CT molecular complexity index is 599. The maximum Gasteiger partial charge on any atom is 0.242 e. The van der Waals surface area contributed by atoms with Gasteiger partial charge in [0.1, 0.15) is 5.82 Å². The first-order valence-corrected chi connectivity index (χ1v) is 8.18. The lowest BCUT2D eigenvalue weighted by molar-refractivity contribution is -0.143. The Balaban J connectivity index is 0.00000208. The summed E-state index contributed by atoms with van der Waals surface area (Å²) in [6.45, 7) is 2.67. The highest BCUT2D eigenvalue weighted by Gasteiger charge is 2.30. The average molecular weight is 356 g/mol. The van der Waals surface area contributed by atoms with Crippen molar-refractivity contribution >= 4 is 24.2 Å². The molecule has 0 radical (unpaired) electrons. The van der Waals surface area contributed by atoms with E-state index in [1.165, 1.54) is 12.1 Å². The standard InChI is InChI=1S/C17H22FN3O2.ClH/c18-14-5-3-4-13(10-14)15-11-19-7-9-21(15)17(23)12-20-8-2-1-6-16(20)22;/h3-5,10,15,19H,1-2,6-9,11-12H2;1H. The van der Waals surface area contributed by atoms with Crippen molar-refractivity contribution in [1.82, 2.24) is 15.1 Å². The van der Waals surface area contributed by atoms with Gasteiger partial charge in [-0.05, 0) is 30.5 Å². The SMILES string of the molecule is Cl.O=C1CCCCN1CC(=O)N1CCNCC1c1cccc(F)c1. The molecular weight excluding hydrogens is 333 g/mol. The van der Waals surface area contributed by atoms with Gasteiger partial charge in [0.05, 0.1) is 12.6 Å². The van der Waals surface area contributed by atoms with Gasteiger partial charge in [-0.2, -0.15) is 0 Å². The number of nitrogens with one attached hydrogen (secondary N) is 1. The number of carbonyl (C=O) groups excluding carboxylic acids is 2. The zero-order chi connectivity index (χ0) is 16.2. The third-order valence-corrected chi connectivity index (χ3v) is 4.54. The lowest BCUT2D eigenvalue weighted by Crippen LogP contribution is -2.52. The molecule has 24 heavy (non-hydrogen) atoms. The van der Waals surface area contributed by atoms with Crippen LogP contribution in [0.4, 0.5) is 4.39 Å². The molecule has 1 aromatic rings. The summed E-state index contributed by atoms with van der Waals surface area (Å²) in [5, 5.41) is 3.25. The van der Waals surface area contributed by atoms with Crippen molar-refractivity contribution in [3.05, 3.63) is 35.6 Å². The van der Waals surface area contributed by atoms with Gasteiger partial charge < -0.3 is 15.1 Å². The van der Waals surface area contributed by atoms with Crippen LogP contribution < -0.4 is 5.32 Å². The summed E-state index contributed by atoms with van der Waals surface area (Å²) in [5.41, 5.74) is 0.788. The van der Waals surface area contributed by atoms with Gasteiger partial charge in [-0.3, -0.25) is 9.59 Å². The number of piperazine rings is 1. The predicted octanol–water partition coefficient (Wildman–Crippen LogP) is 1.73. The van der Waals surface area contributed by atoms with Crippen molar-refractivity contribution < 1.29 is 14.0 Å². The molecule has 1 atom stereocenters. The van der Waals surface area contributed by atoms with Crippen LogP contribution in [0.1, 0.15) is 30.9 Å². The van der Waals surface area contributed by atoms with Gasteiger partial charge in [-0.1, -0.05) is 12.1 Å². The smallest absolute Gasteiger partial charge is 0.242 e. The van der Waals surface area contributed by atoms with Crippen molar-refractivity contribution in [2.24, 2.45) is 0 Å². The summed E-state index contributed by atoms with van der Waals surface area (Å²) in [6, 6.07) is 6.19. The Hall–Kier alpha value is -1.66. The molecule has 1 unspecified atom stereocenters. The molecule has 0 aliphatic carbocycles. The predicted molar refractivity (Wildman–Crippen MR) is 91.4 cm³/mol. The van der Waals surface area contributed by atoms with Gasteiger partial charge in [0.25, 0.3) is 0 Å². The van der Waals surface area contributed by atoms with Gasteiger partial charge in [-0.15, -0.1) is 12.4 Å². The Morgan fingerprint density at radius 2 is 2.12 bits per heavy atom. The minimum absolute atomic E-state index is 0. The number of piperidine rings is 1. The van der Waals surface area contributed by atoms with E-state index in [0.717, 1.165) is 18.4 Å². The molecule has 2 amide bonds. The molecule has 0 aromatic heterocycles. The quantitative estimate of drug-likeness (QED) is 0.898. The maximum atomic E-state index is 13.5. The second-order valence-electron chi connectivity index (χ2n) is 6.13.